The van der Waals surface area contributed by atoms with Crippen molar-refractivity contribution in [2.24, 2.45) is 5.73 Å². The van der Waals surface area contributed by atoms with E-state index in [1.165, 1.54) is 0 Å². The number of halogens is 1. The van der Waals surface area contributed by atoms with Crippen LogP contribution in [0.1, 0.15) is 41.0 Å². The molecule has 0 bridgehead atoms. The fourth-order valence-corrected chi connectivity index (χ4v) is 3.81. The molecule has 0 aromatic carbocycles. The highest BCUT2D eigenvalue weighted by Gasteiger charge is 2.29. The number of likely N-dealkylation sites (tertiary alicyclic amines) is 1. The molecule has 27 heavy (non-hydrogen) atoms. The van der Waals surface area contributed by atoms with Crippen LogP contribution in [0.15, 0.2) is 23.7 Å². The quantitative estimate of drug-likeness (QED) is 0.712. The second kappa shape index (κ2) is 10.4. The highest BCUT2D eigenvalue weighted by Crippen LogP contribution is 2.19. The largest absolute Gasteiger partial charge is 0.354 e. The lowest BCUT2D eigenvalue weighted by Gasteiger charge is -2.35. The third kappa shape index (κ3) is 5.75. The van der Waals surface area contributed by atoms with E-state index in [1.807, 2.05) is 22.4 Å². The summed E-state index contributed by atoms with van der Waals surface area (Å²) in [5, 5.41) is 13.0. The minimum atomic E-state index is -0.125. The number of rotatable bonds is 7. The molecule has 1 fully saturated rings. The zero-order valence-electron chi connectivity index (χ0n) is 15.0. The molecule has 3 rings (SSSR count). The van der Waals surface area contributed by atoms with E-state index in [9.17, 15) is 9.59 Å². The molecule has 8 nitrogen and oxygen atoms in total. The van der Waals surface area contributed by atoms with Gasteiger partial charge in [-0.15, -0.1) is 28.8 Å². The van der Waals surface area contributed by atoms with E-state index in [4.69, 9.17) is 5.73 Å². The van der Waals surface area contributed by atoms with Gasteiger partial charge in [-0.25, -0.2) is 4.68 Å². The van der Waals surface area contributed by atoms with Gasteiger partial charge >= 0.3 is 0 Å². The average molecular weight is 413 g/mol. The smallest absolute Gasteiger partial charge is 0.276 e. The van der Waals surface area contributed by atoms with E-state index in [1.54, 1.807) is 22.2 Å². The number of carbonyl (C=O) groups is 2. The van der Waals surface area contributed by atoms with Crippen LogP contribution in [0.2, 0.25) is 0 Å². The number of hydrogen-bond donors (Lipinski definition) is 2. The molecule has 10 heteroatoms. The summed E-state index contributed by atoms with van der Waals surface area (Å²) < 4.78 is 1.68. The Balaban J connectivity index is 0.00000261. The highest BCUT2D eigenvalue weighted by atomic mass is 35.5. The predicted molar refractivity (Wildman–Crippen MR) is 106 cm³/mol. The van der Waals surface area contributed by atoms with Crippen molar-refractivity contribution >= 4 is 35.6 Å². The fraction of sp³-hybridized carbons (Fsp3) is 0.529. The van der Waals surface area contributed by atoms with Crippen LogP contribution in [-0.4, -0.2) is 57.4 Å². The molecule has 0 saturated carbocycles. The lowest BCUT2D eigenvalue weighted by molar-refractivity contribution is -0.121. The third-order valence-corrected chi connectivity index (χ3v) is 5.31. The summed E-state index contributed by atoms with van der Waals surface area (Å²) in [5.74, 6) is -0.201. The van der Waals surface area contributed by atoms with Crippen LogP contribution in [0, 0.1) is 0 Å². The molecule has 1 saturated heterocycles. The second-order valence-electron chi connectivity index (χ2n) is 6.37. The molecule has 3 N–H and O–H groups in total. The van der Waals surface area contributed by atoms with Crippen LogP contribution in [0.25, 0.3) is 0 Å². The first kappa shape index (κ1) is 21.3. The summed E-state index contributed by atoms with van der Waals surface area (Å²) in [5.41, 5.74) is 5.75. The molecule has 1 unspecified atom stereocenters. The van der Waals surface area contributed by atoms with Gasteiger partial charge in [0.05, 0.1) is 12.7 Å². The Morgan fingerprint density at radius 2 is 2.22 bits per heavy atom. The highest BCUT2D eigenvalue weighted by molar-refractivity contribution is 7.09. The molecule has 1 aliphatic rings. The van der Waals surface area contributed by atoms with Gasteiger partial charge in [-0.05, 0) is 30.7 Å². The van der Waals surface area contributed by atoms with Crippen LogP contribution < -0.4 is 11.1 Å². The molecule has 0 spiro atoms. The summed E-state index contributed by atoms with van der Waals surface area (Å²) >= 11 is 1.64. The van der Waals surface area contributed by atoms with Crippen LogP contribution in [0.4, 0.5) is 0 Å². The first-order valence-corrected chi connectivity index (χ1v) is 9.75. The van der Waals surface area contributed by atoms with Gasteiger partial charge in [-0.3, -0.25) is 9.59 Å². The van der Waals surface area contributed by atoms with Gasteiger partial charge in [0.25, 0.3) is 5.91 Å². The number of nitrogens with zero attached hydrogens (tertiary/aromatic N) is 4. The maximum Gasteiger partial charge on any atom is 0.276 e. The van der Waals surface area contributed by atoms with Crippen LogP contribution in [0.3, 0.4) is 0 Å². The molecule has 0 aliphatic carbocycles. The number of hydrogen-bond acceptors (Lipinski definition) is 6. The van der Waals surface area contributed by atoms with E-state index in [-0.39, 0.29) is 30.3 Å². The van der Waals surface area contributed by atoms with Crippen molar-refractivity contribution in [1.82, 2.24) is 25.2 Å². The SMILES string of the molecule is Cl.NCCC(=O)NCC1CCCCN1C(=O)c1cn(Cc2cccs2)nn1. The van der Waals surface area contributed by atoms with Crippen molar-refractivity contribution in [1.29, 1.82) is 0 Å². The first-order valence-electron chi connectivity index (χ1n) is 8.87. The summed E-state index contributed by atoms with van der Waals surface area (Å²) in [6.07, 6.45) is 4.88. The van der Waals surface area contributed by atoms with E-state index < -0.39 is 0 Å². The number of thiophene rings is 1. The predicted octanol–water partition coefficient (Wildman–Crippen LogP) is 1.27. The Morgan fingerprint density at radius 1 is 1.37 bits per heavy atom. The van der Waals surface area contributed by atoms with Crippen molar-refractivity contribution in [3.8, 4) is 0 Å². The Hall–Kier alpha value is -1.97. The van der Waals surface area contributed by atoms with Gasteiger partial charge in [-0.2, -0.15) is 0 Å². The summed E-state index contributed by atoms with van der Waals surface area (Å²) in [7, 11) is 0. The van der Waals surface area contributed by atoms with Gasteiger partial charge in [0.1, 0.15) is 0 Å². The number of piperidine rings is 1. The van der Waals surface area contributed by atoms with Gasteiger partial charge in [0.15, 0.2) is 5.69 Å². The van der Waals surface area contributed by atoms with E-state index in [0.717, 1.165) is 24.1 Å². The standard InChI is InChI=1S/C17H24N6O2S.ClH/c18-7-6-16(24)19-10-13-4-1-2-8-23(13)17(25)15-12-22(21-20-15)11-14-5-3-9-26-14;/h3,5,9,12-13H,1-2,4,6-8,10-11,18H2,(H,19,24);1H. The molecule has 1 aliphatic heterocycles. The van der Waals surface area contributed by atoms with E-state index in [2.05, 4.69) is 15.6 Å². The summed E-state index contributed by atoms with van der Waals surface area (Å²) in [6.45, 7) is 2.06. The monoisotopic (exact) mass is 412 g/mol. The second-order valence-corrected chi connectivity index (χ2v) is 7.40. The number of nitrogens with one attached hydrogen (secondary N) is 1. The Labute approximate surface area is 168 Å². The van der Waals surface area contributed by atoms with Gasteiger partial charge in [0, 0.05) is 37.0 Å². The van der Waals surface area contributed by atoms with Gasteiger partial charge in [-0.1, -0.05) is 11.3 Å². The maximum atomic E-state index is 12.9. The van der Waals surface area contributed by atoms with Crippen LogP contribution in [0.5, 0.6) is 0 Å². The molecule has 2 aromatic heterocycles. The van der Waals surface area contributed by atoms with Crippen LogP contribution in [-0.2, 0) is 11.3 Å². The van der Waals surface area contributed by atoms with Gasteiger partial charge in [0.2, 0.25) is 5.91 Å². The van der Waals surface area contributed by atoms with Crippen molar-refractivity contribution in [3.63, 3.8) is 0 Å². The number of aromatic nitrogens is 3. The minimum absolute atomic E-state index is 0. The molecule has 2 amide bonds. The van der Waals surface area contributed by atoms with E-state index in [0.29, 0.717) is 38.3 Å². The molecule has 148 valence electrons. The molecule has 0 radical (unpaired) electrons. The lowest BCUT2D eigenvalue weighted by Crippen LogP contribution is -2.49. The molecule has 2 aromatic rings. The number of nitrogens with two attached hydrogens (primary N) is 1. The van der Waals surface area contributed by atoms with Crippen LogP contribution >= 0.6 is 23.7 Å². The zero-order chi connectivity index (χ0) is 18.4. The van der Waals surface area contributed by atoms with Crippen molar-refractivity contribution in [2.45, 2.75) is 38.3 Å². The van der Waals surface area contributed by atoms with Crippen molar-refractivity contribution < 1.29 is 9.59 Å². The van der Waals surface area contributed by atoms with Crippen molar-refractivity contribution in [3.05, 3.63) is 34.3 Å². The van der Waals surface area contributed by atoms with Crippen molar-refractivity contribution in [2.75, 3.05) is 19.6 Å². The first-order chi connectivity index (χ1) is 12.7. The summed E-state index contributed by atoms with van der Waals surface area (Å²) in [6, 6.07) is 4.00. The fourth-order valence-electron chi connectivity index (χ4n) is 3.11. The Bertz CT molecular complexity index is 736. The maximum absolute atomic E-state index is 12.9. The average Bonchev–Trinajstić information content (AvgIpc) is 3.32. The molecular formula is C17H25ClN6O2S. The number of amides is 2. The van der Waals surface area contributed by atoms with Gasteiger partial charge < -0.3 is 16.0 Å². The molecular weight excluding hydrogens is 388 g/mol. The normalized spacial score (nSPS) is 16.6. The zero-order valence-corrected chi connectivity index (χ0v) is 16.7. The topological polar surface area (TPSA) is 106 Å². The Morgan fingerprint density at radius 3 is 2.96 bits per heavy atom. The Kier molecular flexibility index (Phi) is 8.21. The lowest BCUT2D eigenvalue weighted by atomic mass is 10.0. The summed E-state index contributed by atoms with van der Waals surface area (Å²) in [4.78, 5) is 27.5. The minimum Gasteiger partial charge on any atom is -0.354 e. The molecule has 1 atom stereocenters. The third-order valence-electron chi connectivity index (χ3n) is 4.45. The molecule has 3 heterocycles. The number of carbonyl (C=O) groups excluding carboxylic acids is 2. The van der Waals surface area contributed by atoms with E-state index >= 15 is 0 Å².